The van der Waals surface area contributed by atoms with Crippen LogP contribution in [0.4, 0.5) is 10.5 Å². The fraction of sp³-hybridized carbons (Fsp3) is 0.423. The van der Waals surface area contributed by atoms with E-state index in [2.05, 4.69) is 15.7 Å². The van der Waals surface area contributed by atoms with Crippen molar-refractivity contribution in [1.82, 2.24) is 24.1 Å². The number of piperidine rings is 2. The molecule has 2 aromatic heterocycles. The number of hydrogen-bond donors (Lipinski definition) is 2. The van der Waals surface area contributed by atoms with Crippen molar-refractivity contribution in [1.29, 1.82) is 0 Å². The summed E-state index contributed by atoms with van der Waals surface area (Å²) in [5, 5.41) is 9.47. The summed E-state index contributed by atoms with van der Waals surface area (Å²) in [4.78, 5) is 26.7. The normalized spacial score (nSPS) is 17.6. The largest absolute Gasteiger partial charge is 0.341 e. The Morgan fingerprint density at radius 2 is 1.68 bits per heavy atom. The van der Waals surface area contributed by atoms with E-state index in [1.54, 1.807) is 22.8 Å². The second-order valence-corrected chi connectivity index (χ2v) is 11.5. The first-order chi connectivity index (χ1) is 17.9. The molecule has 1 aromatic carbocycles. The van der Waals surface area contributed by atoms with Crippen molar-refractivity contribution in [2.75, 3.05) is 38.5 Å². The molecule has 0 atom stereocenters. The number of carbonyl (C=O) groups is 2. The lowest BCUT2D eigenvalue weighted by Crippen LogP contribution is -2.37. The smallest absolute Gasteiger partial charge is 0.318 e. The van der Waals surface area contributed by atoms with E-state index in [1.807, 2.05) is 23.2 Å². The number of urea groups is 1. The number of amides is 3. The Hall–Kier alpha value is -3.44. The summed E-state index contributed by atoms with van der Waals surface area (Å²) in [5.41, 5.74) is 3.04. The van der Waals surface area contributed by atoms with Crippen molar-refractivity contribution in [3.8, 4) is 0 Å². The van der Waals surface area contributed by atoms with Gasteiger partial charge >= 0.3 is 6.03 Å². The number of likely N-dealkylation sites (tertiary alicyclic amines) is 1. The Kier molecular flexibility index (Phi) is 7.16. The third-order valence-corrected chi connectivity index (χ3v) is 9.23. The van der Waals surface area contributed by atoms with Gasteiger partial charge in [0.25, 0.3) is 5.91 Å². The number of anilines is 1. The van der Waals surface area contributed by atoms with Crippen LogP contribution in [0.5, 0.6) is 0 Å². The number of nitrogens with zero attached hydrogens (tertiary/aromatic N) is 4. The molecule has 2 aliphatic heterocycles. The Labute approximate surface area is 216 Å². The van der Waals surface area contributed by atoms with Gasteiger partial charge in [0, 0.05) is 45.1 Å². The van der Waals surface area contributed by atoms with Crippen molar-refractivity contribution in [2.24, 2.45) is 0 Å². The van der Waals surface area contributed by atoms with Crippen molar-refractivity contribution < 1.29 is 18.0 Å². The van der Waals surface area contributed by atoms with Crippen LogP contribution in [0.3, 0.4) is 0 Å². The summed E-state index contributed by atoms with van der Waals surface area (Å²) in [5.74, 6) is 0.229. The lowest BCUT2D eigenvalue weighted by Gasteiger charge is -2.31. The second-order valence-electron chi connectivity index (χ2n) is 9.61. The Morgan fingerprint density at radius 1 is 0.973 bits per heavy atom. The zero-order valence-electron chi connectivity index (χ0n) is 20.9. The van der Waals surface area contributed by atoms with E-state index in [-0.39, 0.29) is 22.8 Å². The van der Waals surface area contributed by atoms with Crippen LogP contribution in [0.25, 0.3) is 5.52 Å². The van der Waals surface area contributed by atoms with Crippen LogP contribution in [0, 0.1) is 0 Å². The van der Waals surface area contributed by atoms with Gasteiger partial charge in [-0.15, -0.1) is 0 Å². The number of carbonyl (C=O) groups excluding carboxylic acids is 2. The molecule has 196 valence electrons. The zero-order chi connectivity index (χ0) is 26.0. The predicted molar refractivity (Wildman–Crippen MR) is 140 cm³/mol. The fourth-order valence-electron chi connectivity index (χ4n) is 5.17. The quantitative estimate of drug-likeness (QED) is 0.531. The van der Waals surface area contributed by atoms with Crippen LogP contribution in [0.2, 0.25) is 0 Å². The van der Waals surface area contributed by atoms with Gasteiger partial charge in [-0.3, -0.25) is 4.79 Å². The van der Waals surface area contributed by atoms with E-state index in [4.69, 9.17) is 0 Å². The van der Waals surface area contributed by atoms with Crippen LogP contribution in [-0.2, 0) is 10.0 Å². The summed E-state index contributed by atoms with van der Waals surface area (Å²) in [6, 6.07) is 9.88. The molecule has 0 radical (unpaired) electrons. The maximum Gasteiger partial charge on any atom is 0.318 e. The minimum atomic E-state index is -3.63. The van der Waals surface area contributed by atoms with Gasteiger partial charge in [-0.05, 0) is 80.0 Å². The number of rotatable bonds is 5. The van der Waals surface area contributed by atoms with Crippen LogP contribution in [0.1, 0.15) is 53.9 Å². The van der Waals surface area contributed by atoms with E-state index < -0.39 is 10.0 Å². The van der Waals surface area contributed by atoms with E-state index in [1.165, 1.54) is 23.5 Å². The minimum absolute atomic E-state index is 0.0318. The molecule has 10 nitrogen and oxygen atoms in total. The first-order valence-corrected chi connectivity index (χ1v) is 14.2. The third kappa shape index (κ3) is 5.19. The topological polar surface area (TPSA) is 116 Å². The molecular formula is C26H32N6O4S. The van der Waals surface area contributed by atoms with E-state index >= 15 is 0 Å². The average molecular weight is 525 g/mol. The third-order valence-electron chi connectivity index (χ3n) is 7.32. The molecule has 2 fully saturated rings. The highest BCUT2D eigenvalue weighted by Gasteiger charge is 2.30. The first-order valence-electron chi connectivity index (χ1n) is 12.7. The SMILES string of the molecule is CNC(=O)Nc1ccc(S(=O)(=O)N2CCC(c3ccn4ncc(C(=O)N5CCCCC5)c4c3)CC2)cc1. The second kappa shape index (κ2) is 10.5. The molecule has 4 heterocycles. The zero-order valence-corrected chi connectivity index (χ0v) is 21.7. The average Bonchev–Trinajstić information content (AvgIpc) is 3.37. The number of benzene rings is 1. The van der Waals surface area contributed by atoms with Gasteiger partial charge in [0.1, 0.15) is 0 Å². The molecule has 0 spiro atoms. The molecule has 3 aromatic rings. The number of sulfonamides is 1. The predicted octanol–water partition coefficient (Wildman–Crippen LogP) is 3.28. The maximum atomic E-state index is 13.2. The van der Waals surface area contributed by atoms with Crippen LogP contribution in [-0.4, -0.2) is 72.4 Å². The number of nitrogens with one attached hydrogen (secondary N) is 2. The van der Waals surface area contributed by atoms with Crippen LogP contribution in [0.15, 0.2) is 53.7 Å². The van der Waals surface area contributed by atoms with Crippen molar-refractivity contribution in [3.05, 3.63) is 59.9 Å². The summed E-state index contributed by atoms with van der Waals surface area (Å²) in [6.07, 6.45) is 8.15. The molecule has 0 bridgehead atoms. The molecule has 2 aliphatic rings. The van der Waals surface area contributed by atoms with E-state index in [0.29, 0.717) is 37.2 Å². The molecule has 0 unspecified atom stereocenters. The van der Waals surface area contributed by atoms with Gasteiger partial charge < -0.3 is 15.5 Å². The van der Waals surface area contributed by atoms with Gasteiger partial charge in [0.15, 0.2) is 0 Å². The number of fused-ring (bicyclic) bond motifs is 1. The van der Waals surface area contributed by atoms with Gasteiger partial charge in [-0.1, -0.05) is 0 Å². The maximum absolute atomic E-state index is 13.2. The molecule has 2 N–H and O–H groups in total. The summed E-state index contributed by atoms with van der Waals surface area (Å²) in [6.45, 7) is 2.40. The van der Waals surface area contributed by atoms with Gasteiger partial charge in [0.05, 0.1) is 22.2 Å². The van der Waals surface area contributed by atoms with Gasteiger partial charge in [0.2, 0.25) is 10.0 Å². The minimum Gasteiger partial charge on any atom is -0.341 e. The molecule has 11 heteroatoms. The molecule has 0 saturated carbocycles. The molecule has 3 amide bonds. The lowest BCUT2D eigenvalue weighted by molar-refractivity contribution is 0.0726. The van der Waals surface area contributed by atoms with Crippen LogP contribution < -0.4 is 10.6 Å². The fourth-order valence-corrected chi connectivity index (χ4v) is 6.64. The highest BCUT2D eigenvalue weighted by molar-refractivity contribution is 7.89. The van der Waals surface area contributed by atoms with Crippen molar-refractivity contribution in [3.63, 3.8) is 0 Å². The highest BCUT2D eigenvalue weighted by atomic mass is 32.2. The van der Waals surface area contributed by atoms with Gasteiger partial charge in [-0.2, -0.15) is 9.40 Å². The summed E-state index contributed by atoms with van der Waals surface area (Å²) in [7, 11) is -2.12. The highest BCUT2D eigenvalue weighted by Crippen LogP contribution is 2.32. The van der Waals surface area contributed by atoms with Crippen molar-refractivity contribution >= 4 is 33.2 Å². The molecule has 0 aliphatic carbocycles. The summed E-state index contributed by atoms with van der Waals surface area (Å²) >= 11 is 0. The molecule has 2 saturated heterocycles. The number of pyridine rings is 1. The van der Waals surface area contributed by atoms with E-state index in [9.17, 15) is 18.0 Å². The monoisotopic (exact) mass is 524 g/mol. The van der Waals surface area contributed by atoms with Gasteiger partial charge in [-0.25, -0.2) is 17.7 Å². The number of aromatic nitrogens is 2. The Bertz CT molecular complexity index is 1390. The lowest BCUT2D eigenvalue weighted by atomic mass is 9.90. The van der Waals surface area contributed by atoms with Crippen molar-refractivity contribution in [2.45, 2.75) is 42.9 Å². The summed E-state index contributed by atoms with van der Waals surface area (Å²) < 4.78 is 29.7. The molecule has 5 rings (SSSR count). The Morgan fingerprint density at radius 3 is 2.35 bits per heavy atom. The van der Waals surface area contributed by atoms with Crippen LogP contribution >= 0.6 is 0 Å². The van der Waals surface area contributed by atoms with E-state index in [0.717, 1.165) is 43.4 Å². The number of hydrogen-bond acceptors (Lipinski definition) is 5. The molecular weight excluding hydrogens is 492 g/mol. The standard InChI is InChI=1S/C26H32N6O4S/c1-27-26(34)29-21-5-7-22(8-6-21)37(35,36)31-14-9-19(10-15-31)20-11-16-32-24(17-20)23(18-28-32)25(33)30-12-3-2-4-13-30/h5-8,11,16-19H,2-4,9-10,12-15H2,1H3,(H2,27,29,34). The first kappa shape index (κ1) is 25.2. The Balaban J connectivity index is 1.27. The molecule has 37 heavy (non-hydrogen) atoms.